The van der Waals surface area contributed by atoms with Gasteiger partial charge in [-0.15, -0.1) is 12.4 Å². The number of nitrogens with zero attached hydrogens (tertiary/aromatic N) is 2. The predicted octanol–water partition coefficient (Wildman–Crippen LogP) is 1.49. The van der Waals surface area contributed by atoms with E-state index in [0.717, 1.165) is 19.6 Å². The Kier molecular flexibility index (Phi) is 7.11. The van der Waals surface area contributed by atoms with E-state index in [9.17, 15) is 4.79 Å². The van der Waals surface area contributed by atoms with Crippen molar-refractivity contribution >= 4 is 18.3 Å². The first-order valence-corrected chi connectivity index (χ1v) is 7.39. The Hall–Kier alpha value is -0.320. The van der Waals surface area contributed by atoms with Crippen LogP contribution < -0.4 is 5.32 Å². The lowest BCUT2D eigenvalue weighted by atomic mass is 10.0. The average molecular weight is 290 g/mol. The molecule has 1 amide bonds. The fourth-order valence-corrected chi connectivity index (χ4v) is 3.15. The average Bonchev–Trinajstić information content (AvgIpc) is 2.40. The van der Waals surface area contributed by atoms with Gasteiger partial charge in [0.15, 0.2) is 0 Å². The van der Waals surface area contributed by atoms with Crippen LogP contribution in [0.25, 0.3) is 0 Å². The van der Waals surface area contributed by atoms with E-state index >= 15 is 0 Å². The summed E-state index contributed by atoms with van der Waals surface area (Å²) in [5.74, 6) is 0.322. The first kappa shape index (κ1) is 16.7. The highest BCUT2D eigenvalue weighted by atomic mass is 35.5. The molecule has 0 saturated carbocycles. The Bertz CT molecular complexity index is 282. The van der Waals surface area contributed by atoms with Crippen molar-refractivity contribution in [3.05, 3.63) is 0 Å². The topological polar surface area (TPSA) is 35.6 Å². The summed E-state index contributed by atoms with van der Waals surface area (Å²) < 4.78 is 0. The molecule has 4 nitrogen and oxygen atoms in total. The maximum Gasteiger partial charge on any atom is 0.236 e. The number of likely N-dealkylation sites (tertiary alicyclic amines) is 1. The second kappa shape index (κ2) is 8.08. The highest BCUT2D eigenvalue weighted by Crippen LogP contribution is 2.17. The van der Waals surface area contributed by atoms with Crippen molar-refractivity contribution in [1.29, 1.82) is 0 Å². The maximum absolute atomic E-state index is 12.3. The molecule has 1 atom stereocenters. The van der Waals surface area contributed by atoms with Gasteiger partial charge < -0.3 is 10.2 Å². The third-order valence-electron chi connectivity index (χ3n) is 4.44. The van der Waals surface area contributed by atoms with Gasteiger partial charge in [0.2, 0.25) is 5.91 Å². The summed E-state index contributed by atoms with van der Waals surface area (Å²) in [6.45, 7) is 5.91. The molecule has 0 aromatic heterocycles. The van der Waals surface area contributed by atoms with Gasteiger partial charge in [-0.2, -0.15) is 0 Å². The van der Waals surface area contributed by atoms with Crippen molar-refractivity contribution in [3.8, 4) is 0 Å². The molecule has 2 rings (SSSR count). The minimum Gasteiger partial charge on any atom is -0.339 e. The molecule has 112 valence electrons. The van der Waals surface area contributed by atoms with Gasteiger partial charge in [0, 0.05) is 18.6 Å². The molecule has 0 radical (unpaired) electrons. The molecule has 2 heterocycles. The van der Waals surface area contributed by atoms with Crippen LogP contribution in [0.15, 0.2) is 0 Å². The molecule has 2 aliphatic rings. The molecule has 1 unspecified atom stereocenters. The third-order valence-corrected chi connectivity index (χ3v) is 4.44. The van der Waals surface area contributed by atoms with Crippen LogP contribution in [0.4, 0.5) is 0 Å². The zero-order valence-corrected chi connectivity index (χ0v) is 13.0. The van der Waals surface area contributed by atoms with Crippen molar-refractivity contribution in [3.63, 3.8) is 0 Å². The van der Waals surface area contributed by atoms with Crippen molar-refractivity contribution in [2.24, 2.45) is 0 Å². The van der Waals surface area contributed by atoms with E-state index in [1.807, 2.05) is 0 Å². The summed E-state index contributed by atoms with van der Waals surface area (Å²) in [6.07, 6.45) is 5.95. The number of rotatable bonds is 3. The van der Waals surface area contributed by atoms with Crippen LogP contribution in [0.5, 0.6) is 0 Å². The van der Waals surface area contributed by atoms with Crippen molar-refractivity contribution in [2.45, 2.75) is 51.1 Å². The van der Waals surface area contributed by atoms with Crippen molar-refractivity contribution < 1.29 is 4.79 Å². The van der Waals surface area contributed by atoms with E-state index < -0.39 is 0 Å². The summed E-state index contributed by atoms with van der Waals surface area (Å²) in [4.78, 5) is 16.7. The van der Waals surface area contributed by atoms with Gasteiger partial charge in [-0.25, -0.2) is 0 Å². The second-order valence-corrected chi connectivity index (χ2v) is 5.83. The van der Waals surface area contributed by atoms with Crippen LogP contribution in [0.2, 0.25) is 0 Å². The number of likely N-dealkylation sites (N-methyl/N-ethyl adjacent to an activating group) is 1. The molecule has 0 aromatic rings. The lowest BCUT2D eigenvalue weighted by molar-refractivity contribution is -0.136. The summed E-state index contributed by atoms with van der Waals surface area (Å²) >= 11 is 0. The zero-order valence-electron chi connectivity index (χ0n) is 12.2. The van der Waals surface area contributed by atoms with Crippen LogP contribution in [-0.4, -0.2) is 61.0 Å². The Labute approximate surface area is 123 Å². The quantitative estimate of drug-likeness (QED) is 0.855. The number of hydrogen-bond donors (Lipinski definition) is 1. The lowest BCUT2D eigenvalue weighted by Gasteiger charge is -2.37. The number of carbonyl (C=O) groups excluding carboxylic acids is 1. The monoisotopic (exact) mass is 289 g/mol. The van der Waals surface area contributed by atoms with E-state index in [4.69, 9.17) is 0 Å². The summed E-state index contributed by atoms with van der Waals surface area (Å²) in [5, 5.41) is 3.37. The van der Waals surface area contributed by atoms with E-state index in [1.165, 1.54) is 32.1 Å². The number of piperidine rings is 2. The van der Waals surface area contributed by atoms with E-state index in [-0.39, 0.29) is 12.4 Å². The van der Waals surface area contributed by atoms with Crippen molar-refractivity contribution in [2.75, 3.05) is 33.2 Å². The number of amides is 1. The lowest BCUT2D eigenvalue weighted by Crippen LogP contribution is -2.49. The third kappa shape index (κ3) is 4.62. The van der Waals surface area contributed by atoms with E-state index in [1.54, 1.807) is 0 Å². The summed E-state index contributed by atoms with van der Waals surface area (Å²) in [6, 6.07) is 1.02. The van der Waals surface area contributed by atoms with Crippen LogP contribution in [0.3, 0.4) is 0 Å². The van der Waals surface area contributed by atoms with Gasteiger partial charge in [-0.1, -0.05) is 0 Å². The number of nitrogens with one attached hydrogen (secondary N) is 1. The van der Waals surface area contributed by atoms with Gasteiger partial charge in [0.25, 0.3) is 0 Å². The molecule has 19 heavy (non-hydrogen) atoms. The molecule has 0 aromatic carbocycles. The van der Waals surface area contributed by atoms with Gasteiger partial charge >= 0.3 is 0 Å². The molecule has 0 spiro atoms. The van der Waals surface area contributed by atoms with Crippen LogP contribution >= 0.6 is 12.4 Å². The molecule has 2 aliphatic heterocycles. The van der Waals surface area contributed by atoms with Crippen LogP contribution in [0, 0.1) is 0 Å². The molecule has 2 saturated heterocycles. The van der Waals surface area contributed by atoms with Crippen LogP contribution in [0.1, 0.15) is 39.0 Å². The maximum atomic E-state index is 12.3. The Morgan fingerprint density at radius 3 is 2.58 bits per heavy atom. The zero-order chi connectivity index (χ0) is 13.0. The predicted molar refractivity (Wildman–Crippen MR) is 80.8 cm³/mol. The van der Waals surface area contributed by atoms with Gasteiger partial charge in [-0.3, -0.25) is 9.69 Å². The number of carbonyl (C=O) groups is 1. The fourth-order valence-electron chi connectivity index (χ4n) is 3.15. The summed E-state index contributed by atoms with van der Waals surface area (Å²) in [5.41, 5.74) is 0. The van der Waals surface area contributed by atoms with Gasteiger partial charge in [0.05, 0.1) is 6.54 Å². The molecule has 2 fully saturated rings. The SMILES string of the molecule is CC1CCCCN1C(=O)CN(C)C1CCNCC1.Cl. The Morgan fingerprint density at radius 2 is 1.95 bits per heavy atom. The molecule has 0 bridgehead atoms. The molecule has 1 N–H and O–H groups in total. The second-order valence-electron chi connectivity index (χ2n) is 5.83. The standard InChI is InChI=1S/C14H27N3O.ClH/c1-12-5-3-4-10-17(12)14(18)11-16(2)13-6-8-15-9-7-13;/h12-13,15H,3-11H2,1-2H3;1H. The molecule has 0 aliphatic carbocycles. The van der Waals surface area contributed by atoms with E-state index in [0.29, 0.717) is 24.5 Å². The van der Waals surface area contributed by atoms with Gasteiger partial charge in [0.1, 0.15) is 0 Å². The first-order valence-electron chi connectivity index (χ1n) is 7.39. The Balaban J connectivity index is 0.00000180. The minimum absolute atomic E-state index is 0. The van der Waals surface area contributed by atoms with Gasteiger partial charge in [-0.05, 0) is 59.2 Å². The number of halogens is 1. The Morgan fingerprint density at radius 1 is 1.26 bits per heavy atom. The smallest absolute Gasteiger partial charge is 0.236 e. The fraction of sp³-hybridized carbons (Fsp3) is 0.929. The molecular formula is C14H28ClN3O. The van der Waals surface area contributed by atoms with E-state index in [2.05, 4.69) is 29.1 Å². The first-order chi connectivity index (χ1) is 8.68. The normalized spacial score (nSPS) is 25.2. The summed E-state index contributed by atoms with van der Waals surface area (Å²) in [7, 11) is 2.10. The highest BCUT2D eigenvalue weighted by Gasteiger charge is 2.26. The van der Waals surface area contributed by atoms with Crippen molar-refractivity contribution in [1.82, 2.24) is 15.1 Å². The van der Waals surface area contributed by atoms with Crippen LogP contribution in [-0.2, 0) is 4.79 Å². The minimum atomic E-state index is 0. The number of hydrogen-bond acceptors (Lipinski definition) is 3. The molecular weight excluding hydrogens is 262 g/mol. The highest BCUT2D eigenvalue weighted by molar-refractivity contribution is 5.85. The molecule has 5 heteroatoms. The largest absolute Gasteiger partial charge is 0.339 e.